The first-order valence-electron chi connectivity index (χ1n) is 7.12. The van der Waals surface area contributed by atoms with Crippen molar-refractivity contribution < 1.29 is 14.3 Å². The van der Waals surface area contributed by atoms with Gasteiger partial charge in [-0.2, -0.15) is 0 Å². The van der Waals surface area contributed by atoms with Crippen molar-refractivity contribution in [3.05, 3.63) is 24.2 Å². The van der Waals surface area contributed by atoms with Crippen molar-refractivity contribution in [3.63, 3.8) is 0 Å². The number of hydrogen-bond donors (Lipinski definition) is 1. The van der Waals surface area contributed by atoms with Gasteiger partial charge in [0.1, 0.15) is 11.3 Å². The normalized spacial score (nSPS) is 25.6. The topological polar surface area (TPSA) is 53.7 Å². The lowest BCUT2D eigenvalue weighted by Crippen LogP contribution is -2.54. The molecule has 2 heterocycles. The van der Waals surface area contributed by atoms with Gasteiger partial charge in [0.25, 0.3) is 0 Å². The van der Waals surface area contributed by atoms with Crippen LogP contribution in [0.2, 0.25) is 0 Å². The molecule has 1 aliphatic heterocycles. The second kappa shape index (κ2) is 5.78. The standard InChI is InChI=1S/C15H23NO3/c1-3-7-15(14(17)18)8-5-9-16(15)12(2)11-13-6-4-10-19-13/h4,6,10,12H,3,5,7-9,11H2,1-2H3,(H,17,18). The fraction of sp³-hybridized carbons (Fsp3) is 0.667. The van der Waals surface area contributed by atoms with Gasteiger partial charge in [-0.1, -0.05) is 13.3 Å². The van der Waals surface area contributed by atoms with E-state index >= 15 is 0 Å². The molecule has 0 bridgehead atoms. The highest BCUT2D eigenvalue weighted by Crippen LogP contribution is 2.36. The van der Waals surface area contributed by atoms with Gasteiger partial charge in [-0.3, -0.25) is 9.69 Å². The van der Waals surface area contributed by atoms with Gasteiger partial charge in [0, 0.05) is 12.5 Å². The Labute approximate surface area is 114 Å². The first-order chi connectivity index (χ1) is 9.10. The van der Waals surface area contributed by atoms with E-state index in [1.807, 2.05) is 12.1 Å². The van der Waals surface area contributed by atoms with Gasteiger partial charge < -0.3 is 9.52 Å². The molecule has 19 heavy (non-hydrogen) atoms. The minimum Gasteiger partial charge on any atom is -0.480 e. The number of carbonyl (C=O) groups is 1. The second-order valence-corrected chi connectivity index (χ2v) is 5.52. The highest BCUT2D eigenvalue weighted by atomic mass is 16.4. The molecule has 0 spiro atoms. The van der Waals surface area contributed by atoms with Crippen molar-refractivity contribution in [2.45, 2.75) is 57.5 Å². The zero-order valence-corrected chi connectivity index (χ0v) is 11.8. The number of likely N-dealkylation sites (tertiary alicyclic amines) is 1. The van der Waals surface area contributed by atoms with Crippen LogP contribution in [-0.2, 0) is 11.2 Å². The number of carboxylic acids is 1. The Morgan fingerprint density at radius 3 is 3.00 bits per heavy atom. The van der Waals surface area contributed by atoms with Crippen LogP contribution in [0, 0.1) is 0 Å². The summed E-state index contributed by atoms with van der Waals surface area (Å²) >= 11 is 0. The first kappa shape index (κ1) is 14.1. The van der Waals surface area contributed by atoms with Crippen LogP contribution in [0.4, 0.5) is 0 Å². The number of hydrogen-bond acceptors (Lipinski definition) is 3. The van der Waals surface area contributed by atoms with Crippen molar-refractivity contribution in [1.82, 2.24) is 4.90 Å². The summed E-state index contributed by atoms with van der Waals surface area (Å²) in [5, 5.41) is 9.68. The number of furan rings is 1. The van der Waals surface area contributed by atoms with Crippen molar-refractivity contribution in [3.8, 4) is 0 Å². The van der Waals surface area contributed by atoms with Gasteiger partial charge >= 0.3 is 5.97 Å². The van der Waals surface area contributed by atoms with Gasteiger partial charge in [-0.15, -0.1) is 0 Å². The molecular formula is C15H23NO3. The maximum absolute atomic E-state index is 11.8. The van der Waals surface area contributed by atoms with Crippen LogP contribution in [0.1, 0.15) is 45.3 Å². The van der Waals surface area contributed by atoms with Crippen LogP contribution in [0.3, 0.4) is 0 Å². The number of nitrogens with zero attached hydrogens (tertiary/aromatic N) is 1. The monoisotopic (exact) mass is 265 g/mol. The molecule has 0 aromatic carbocycles. The molecule has 2 atom stereocenters. The van der Waals surface area contributed by atoms with E-state index in [4.69, 9.17) is 4.42 Å². The van der Waals surface area contributed by atoms with Gasteiger partial charge in [-0.05, 0) is 44.9 Å². The second-order valence-electron chi connectivity index (χ2n) is 5.52. The fourth-order valence-electron chi connectivity index (χ4n) is 3.39. The van der Waals surface area contributed by atoms with Crippen LogP contribution in [0.25, 0.3) is 0 Å². The zero-order chi connectivity index (χ0) is 13.9. The Balaban J connectivity index is 2.14. The van der Waals surface area contributed by atoms with Crippen LogP contribution in [-0.4, -0.2) is 34.1 Å². The van der Waals surface area contributed by atoms with Crippen LogP contribution < -0.4 is 0 Å². The Kier molecular flexibility index (Phi) is 4.30. The molecule has 0 aliphatic carbocycles. The Morgan fingerprint density at radius 2 is 2.42 bits per heavy atom. The Bertz CT molecular complexity index is 415. The van der Waals surface area contributed by atoms with Crippen LogP contribution >= 0.6 is 0 Å². The molecule has 0 radical (unpaired) electrons. The third-order valence-electron chi connectivity index (χ3n) is 4.21. The molecule has 2 unspecified atom stereocenters. The van der Waals surface area contributed by atoms with Gasteiger partial charge in [0.2, 0.25) is 0 Å². The summed E-state index contributed by atoms with van der Waals surface area (Å²) in [6, 6.07) is 4.02. The molecule has 0 amide bonds. The predicted octanol–water partition coefficient (Wildman–Crippen LogP) is 2.93. The number of carboxylic acid groups (broad SMARTS) is 1. The van der Waals surface area contributed by atoms with E-state index in [0.717, 1.165) is 44.4 Å². The predicted molar refractivity (Wildman–Crippen MR) is 73.1 cm³/mol. The Morgan fingerprint density at radius 1 is 1.63 bits per heavy atom. The average molecular weight is 265 g/mol. The molecule has 1 saturated heterocycles. The van der Waals surface area contributed by atoms with Crippen molar-refractivity contribution in [2.75, 3.05) is 6.54 Å². The molecule has 1 fully saturated rings. The molecule has 0 saturated carbocycles. The molecule has 106 valence electrons. The summed E-state index contributed by atoms with van der Waals surface area (Å²) in [4.78, 5) is 13.9. The summed E-state index contributed by atoms with van der Waals surface area (Å²) in [7, 11) is 0. The van der Waals surface area contributed by atoms with Crippen LogP contribution in [0.15, 0.2) is 22.8 Å². The number of rotatable bonds is 6. The van der Waals surface area contributed by atoms with E-state index < -0.39 is 11.5 Å². The average Bonchev–Trinajstić information content (AvgIpc) is 2.99. The lowest BCUT2D eigenvalue weighted by Gasteiger charge is -2.38. The van der Waals surface area contributed by atoms with Crippen molar-refractivity contribution >= 4 is 5.97 Å². The smallest absolute Gasteiger partial charge is 0.324 e. The van der Waals surface area contributed by atoms with E-state index in [9.17, 15) is 9.90 Å². The molecule has 4 heteroatoms. The third-order valence-corrected chi connectivity index (χ3v) is 4.21. The van der Waals surface area contributed by atoms with Crippen molar-refractivity contribution in [1.29, 1.82) is 0 Å². The van der Waals surface area contributed by atoms with E-state index in [-0.39, 0.29) is 6.04 Å². The molecule has 1 aromatic heterocycles. The summed E-state index contributed by atoms with van der Waals surface area (Å²) in [6.45, 7) is 5.02. The lowest BCUT2D eigenvalue weighted by atomic mass is 9.89. The molecule has 1 aliphatic rings. The minimum absolute atomic E-state index is 0.191. The summed E-state index contributed by atoms with van der Waals surface area (Å²) in [5.74, 6) is 0.258. The van der Waals surface area contributed by atoms with Gasteiger partial charge in [0.05, 0.1) is 6.26 Å². The largest absolute Gasteiger partial charge is 0.480 e. The van der Waals surface area contributed by atoms with Crippen LogP contribution in [0.5, 0.6) is 0 Å². The van der Waals surface area contributed by atoms with Crippen molar-refractivity contribution in [2.24, 2.45) is 0 Å². The maximum atomic E-state index is 11.8. The fourth-order valence-corrected chi connectivity index (χ4v) is 3.39. The SMILES string of the molecule is CCCC1(C(=O)O)CCCN1C(C)Cc1ccco1. The molecule has 1 aromatic rings. The van der Waals surface area contributed by atoms with E-state index in [1.54, 1.807) is 6.26 Å². The van der Waals surface area contributed by atoms with Gasteiger partial charge in [-0.25, -0.2) is 0 Å². The third kappa shape index (κ3) is 2.68. The zero-order valence-electron chi connectivity index (χ0n) is 11.8. The highest BCUT2D eigenvalue weighted by molar-refractivity contribution is 5.79. The minimum atomic E-state index is -0.668. The van der Waals surface area contributed by atoms with E-state index in [2.05, 4.69) is 18.7 Å². The summed E-state index contributed by atoms with van der Waals surface area (Å²) in [6.07, 6.45) is 5.79. The first-order valence-corrected chi connectivity index (χ1v) is 7.12. The molecule has 1 N–H and O–H groups in total. The molecular weight excluding hydrogens is 242 g/mol. The summed E-state index contributed by atoms with van der Waals surface area (Å²) in [5.41, 5.74) is -0.666. The number of aliphatic carboxylic acids is 1. The quantitative estimate of drug-likeness (QED) is 0.859. The summed E-state index contributed by atoms with van der Waals surface area (Å²) < 4.78 is 5.38. The Hall–Kier alpha value is -1.29. The molecule has 4 nitrogen and oxygen atoms in total. The van der Waals surface area contributed by atoms with Gasteiger partial charge in [0.15, 0.2) is 0 Å². The molecule has 2 rings (SSSR count). The van der Waals surface area contributed by atoms with E-state index in [1.165, 1.54) is 0 Å². The highest BCUT2D eigenvalue weighted by Gasteiger charge is 2.48. The van der Waals surface area contributed by atoms with E-state index in [0.29, 0.717) is 0 Å². The lowest BCUT2D eigenvalue weighted by molar-refractivity contribution is -0.151. The maximum Gasteiger partial charge on any atom is 0.324 e.